The summed E-state index contributed by atoms with van der Waals surface area (Å²) in [5, 5.41) is 15.3. The van der Waals surface area contributed by atoms with Gasteiger partial charge in [0.05, 0.1) is 0 Å². The molecule has 3 aliphatic carbocycles. The van der Waals surface area contributed by atoms with Crippen molar-refractivity contribution in [3.05, 3.63) is 59.7 Å². The SMILES string of the molecule is CC(C)[C@H](NC(=O)OCC1c2ccccc2-c2ccccc21)C(=O)NC1(C(=O)O)CC2(CCC2)C1. The summed E-state index contributed by atoms with van der Waals surface area (Å²) in [6.45, 7) is 3.78. The van der Waals surface area contributed by atoms with Crippen LogP contribution in [0.1, 0.15) is 63.0 Å². The number of hydrogen-bond donors (Lipinski definition) is 3. The van der Waals surface area contributed by atoms with E-state index in [4.69, 9.17) is 4.74 Å². The zero-order valence-corrected chi connectivity index (χ0v) is 20.2. The first-order chi connectivity index (χ1) is 16.7. The van der Waals surface area contributed by atoms with Crippen molar-refractivity contribution in [2.24, 2.45) is 11.3 Å². The summed E-state index contributed by atoms with van der Waals surface area (Å²) in [6.07, 6.45) is 3.37. The monoisotopic (exact) mass is 476 g/mol. The van der Waals surface area contributed by atoms with Crippen molar-refractivity contribution in [1.29, 1.82) is 0 Å². The fraction of sp³-hybridized carbons (Fsp3) is 0.464. The van der Waals surface area contributed by atoms with Crippen LogP contribution in [0.4, 0.5) is 4.79 Å². The van der Waals surface area contributed by atoms with E-state index in [1.807, 2.05) is 50.2 Å². The topological polar surface area (TPSA) is 105 Å². The van der Waals surface area contributed by atoms with Crippen molar-refractivity contribution < 1.29 is 24.2 Å². The van der Waals surface area contributed by atoms with Gasteiger partial charge in [-0.1, -0.05) is 68.8 Å². The van der Waals surface area contributed by atoms with Crippen LogP contribution in [-0.2, 0) is 14.3 Å². The van der Waals surface area contributed by atoms with Crippen LogP contribution in [0.25, 0.3) is 11.1 Å². The van der Waals surface area contributed by atoms with Crippen LogP contribution in [0.5, 0.6) is 0 Å². The van der Waals surface area contributed by atoms with E-state index in [0.717, 1.165) is 41.5 Å². The maximum atomic E-state index is 13.1. The second-order valence-electron chi connectivity index (χ2n) is 10.8. The van der Waals surface area contributed by atoms with E-state index in [1.165, 1.54) is 0 Å². The molecule has 2 aromatic carbocycles. The highest BCUT2D eigenvalue weighted by Gasteiger charge is 2.62. The van der Waals surface area contributed by atoms with Crippen LogP contribution in [-0.4, -0.2) is 41.3 Å². The van der Waals surface area contributed by atoms with Crippen LogP contribution in [0.2, 0.25) is 0 Å². The normalized spacial score (nSPS) is 19.6. The molecular weight excluding hydrogens is 444 g/mol. The third kappa shape index (κ3) is 4.07. The van der Waals surface area contributed by atoms with Crippen molar-refractivity contribution in [3.8, 4) is 11.1 Å². The highest BCUT2D eigenvalue weighted by molar-refractivity contribution is 5.92. The molecule has 0 bridgehead atoms. The molecule has 2 aromatic rings. The highest BCUT2D eigenvalue weighted by Crippen LogP contribution is 2.60. The average Bonchev–Trinajstić information content (AvgIpc) is 3.10. The molecule has 3 aliphatic rings. The predicted molar refractivity (Wildman–Crippen MR) is 131 cm³/mol. The van der Waals surface area contributed by atoms with E-state index in [0.29, 0.717) is 12.8 Å². The van der Waals surface area contributed by atoms with Gasteiger partial charge < -0.3 is 20.5 Å². The Morgan fingerprint density at radius 2 is 1.57 bits per heavy atom. The molecule has 0 unspecified atom stereocenters. The van der Waals surface area contributed by atoms with Crippen molar-refractivity contribution in [1.82, 2.24) is 10.6 Å². The van der Waals surface area contributed by atoms with Crippen molar-refractivity contribution >= 4 is 18.0 Å². The number of aliphatic carboxylic acids is 1. The molecule has 2 fully saturated rings. The molecule has 1 spiro atoms. The molecule has 5 rings (SSSR count). The van der Waals surface area contributed by atoms with Gasteiger partial charge in [0.15, 0.2) is 0 Å². The number of amides is 2. The zero-order chi connectivity index (χ0) is 24.8. The Bertz CT molecular complexity index is 1120. The van der Waals surface area contributed by atoms with E-state index < -0.39 is 29.6 Å². The number of carbonyl (C=O) groups is 3. The van der Waals surface area contributed by atoms with E-state index in [-0.39, 0.29) is 23.9 Å². The third-order valence-electron chi connectivity index (χ3n) is 8.11. The number of hydrogen-bond acceptors (Lipinski definition) is 4. The first-order valence-corrected chi connectivity index (χ1v) is 12.4. The summed E-state index contributed by atoms with van der Waals surface area (Å²) in [5.41, 5.74) is 3.32. The Hall–Kier alpha value is -3.35. The van der Waals surface area contributed by atoms with Gasteiger partial charge in [0, 0.05) is 5.92 Å². The lowest BCUT2D eigenvalue weighted by molar-refractivity contribution is -0.166. The van der Waals surface area contributed by atoms with Crippen LogP contribution >= 0.6 is 0 Å². The Morgan fingerprint density at radius 3 is 2.06 bits per heavy atom. The van der Waals surface area contributed by atoms with Crippen LogP contribution in [0, 0.1) is 11.3 Å². The van der Waals surface area contributed by atoms with Gasteiger partial charge in [-0.05, 0) is 59.3 Å². The largest absolute Gasteiger partial charge is 0.480 e. The van der Waals surface area contributed by atoms with Crippen LogP contribution < -0.4 is 10.6 Å². The second kappa shape index (κ2) is 8.70. The average molecular weight is 477 g/mol. The lowest BCUT2D eigenvalue weighted by atomic mass is 9.48. The summed E-state index contributed by atoms with van der Waals surface area (Å²) in [7, 11) is 0. The molecule has 35 heavy (non-hydrogen) atoms. The third-order valence-corrected chi connectivity index (χ3v) is 8.11. The van der Waals surface area contributed by atoms with Crippen LogP contribution in [0.3, 0.4) is 0 Å². The second-order valence-corrected chi connectivity index (χ2v) is 10.8. The summed E-state index contributed by atoms with van der Waals surface area (Å²) in [4.78, 5) is 37.9. The number of ether oxygens (including phenoxy) is 1. The highest BCUT2D eigenvalue weighted by atomic mass is 16.5. The Balaban J connectivity index is 1.23. The molecule has 7 nitrogen and oxygen atoms in total. The number of carboxylic acid groups (broad SMARTS) is 1. The lowest BCUT2D eigenvalue weighted by Gasteiger charge is -2.59. The number of rotatable bonds is 7. The van der Waals surface area contributed by atoms with Crippen molar-refractivity contribution in [3.63, 3.8) is 0 Å². The molecule has 0 aliphatic heterocycles. The van der Waals surface area contributed by atoms with Gasteiger partial charge in [0.25, 0.3) is 0 Å². The lowest BCUT2D eigenvalue weighted by Crippen LogP contribution is -2.70. The maximum absolute atomic E-state index is 13.1. The minimum absolute atomic E-state index is 0.0687. The van der Waals surface area contributed by atoms with E-state index in [9.17, 15) is 19.5 Å². The van der Waals surface area contributed by atoms with E-state index in [1.54, 1.807) is 0 Å². The molecular formula is C28H32N2O5. The number of carboxylic acids is 1. The Morgan fingerprint density at radius 1 is 1.00 bits per heavy atom. The fourth-order valence-electron chi connectivity index (χ4n) is 6.17. The minimum Gasteiger partial charge on any atom is -0.480 e. The number of benzene rings is 2. The molecule has 2 amide bonds. The predicted octanol–water partition coefficient (Wildman–Crippen LogP) is 4.45. The number of carbonyl (C=O) groups excluding carboxylic acids is 2. The molecule has 0 radical (unpaired) electrons. The molecule has 7 heteroatoms. The zero-order valence-electron chi connectivity index (χ0n) is 20.2. The molecule has 3 N–H and O–H groups in total. The quantitative estimate of drug-likeness (QED) is 0.548. The Kier molecular flexibility index (Phi) is 5.82. The number of alkyl carbamates (subject to hydrolysis) is 1. The van der Waals surface area contributed by atoms with Gasteiger partial charge in [0.1, 0.15) is 18.2 Å². The van der Waals surface area contributed by atoms with Crippen molar-refractivity contribution in [2.75, 3.05) is 6.61 Å². The van der Waals surface area contributed by atoms with Gasteiger partial charge >= 0.3 is 12.1 Å². The summed E-state index contributed by atoms with van der Waals surface area (Å²) >= 11 is 0. The molecule has 2 saturated carbocycles. The van der Waals surface area contributed by atoms with Gasteiger partial charge in [-0.2, -0.15) is 0 Å². The van der Waals surface area contributed by atoms with Gasteiger partial charge in [-0.25, -0.2) is 9.59 Å². The van der Waals surface area contributed by atoms with Crippen LogP contribution in [0.15, 0.2) is 48.5 Å². The Labute approximate surface area is 205 Å². The molecule has 0 saturated heterocycles. The standard InChI is InChI=1S/C28H32N2O5/c1-17(2)23(24(31)30-28(25(32)33)15-27(16-28)12-7-13-27)29-26(34)35-14-22-20-10-5-3-8-18(20)19-9-4-6-11-21(19)22/h3-6,8-11,17,22-23H,7,12-16H2,1-2H3,(H,29,34)(H,30,31)(H,32,33)/t23-/m0/s1. The molecule has 184 valence electrons. The van der Waals surface area contributed by atoms with Gasteiger partial charge in [-0.3, -0.25) is 4.79 Å². The first kappa shape index (κ1) is 23.4. The summed E-state index contributed by atoms with van der Waals surface area (Å²) in [5.74, 6) is -1.81. The van der Waals surface area contributed by atoms with Gasteiger partial charge in [-0.15, -0.1) is 0 Å². The van der Waals surface area contributed by atoms with E-state index in [2.05, 4.69) is 22.8 Å². The first-order valence-electron chi connectivity index (χ1n) is 12.4. The molecule has 1 atom stereocenters. The van der Waals surface area contributed by atoms with Gasteiger partial charge in [0.2, 0.25) is 5.91 Å². The van der Waals surface area contributed by atoms with E-state index >= 15 is 0 Å². The minimum atomic E-state index is -1.24. The molecule has 0 aromatic heterocycles. The summed E-state index contributed by atoms with van der Waals surface area (Å²) in [6, 6.07) is 15.3. The maximum Gasteiger partial charge on any atom is 0.407 e. The van der Waals surface area contributed by atoms with Crippen molar-refractivity contribution in [2.45, 2.75) is 63.5 Å². The summed E-state index contributed by atoms with van der Waals surface area (Å²) < 4.78 is 5.60. The number of nitrogens with one attached hydrogen (secondary N) is 2. The smallest absolute Gasteiger partial charge is 0.407 e. The fourth-order valence-corrected chi connectivity index (χ4v) is 6.17. The molecule has 0 heterocycles. The number of fused-ring (bicyclic) bond motifs is 3.